The number of nitrogens with zero attached hydrogens (tertiary/aromatic N) is 1. The standard InChI is InChI=1S/C19H21ClN4O5/c1-3-28-14-4-6-15(7-5-14)29-12(2)18(26)24-23-17(25)11-22-19(27)16-10-13(20)8-9-21-16/h4-10,12H,3,11H2,1-2H3,(H,22,27)(H,23,25)(H,24,26). The predicted molar refractivity (Wildman–Crippen MR) is 106 cm³/mol. The molecule has 2 rings (SSSR count). The molecule has 2 aromatic rings. The number of amides is 3. The topological polar surface area (TPSA) is 119 Å². The Kier molecular flexibility index (Phi) is 8.23. The van der Waals surface area contributed by atoms with E-state index in [0.29, 0.717) is 23.1 Å². The molecule has 9 nitrogen and oxygen atoms in total. The van der Waals surface area contributed by atoms with Crippen LogP contribution in [0.2, 0.25) is 5.02 Å². The number of nitrogens with one attached hydrogen (secondary N) is 3. The lowest BCUT2D eigenvalue weighted by molar-refractivity contribution is -0.132. The number of hydrazine groups is 1. The number of carbonyl (C=O) groups is 3. The van der Waals surface area contributed by atoms with Crippen LogP contribution in [0, 0.1) is 0 Å². The van der Waals surface area contributed by atoms with Crippen molar-refractivity contribution < 1.29 is 23.9 Å². The van der Waals surface area contributed by atoms with Gasteiger partial charge >= 0.3 is 0 Å². The molecule has 10 heteroatoms. The van der Waals surface area contributed by atoms with E-state index in [1.54, 1.807) is 24.3 Å². The normalized spacial score (nSPS) is 11.1. The van der Waals surface area contributed by atoms with Crippen LogP contribution < -0.4 is 25.6 Å². The summed E-state index contributed by atoms with van der Waals surface area (Å²) in [7, 11) is 0. The maximum Gasteiger partial charge on any atom is 0.279 e. The average Bonchev–Trinajstić information content (AvgIpc) is 2.71. The summed E-state index contributed by atoms with van der Waals surface area (Å²) in [5.74, 6) is -0.582. The highest BCUT2D eigenvalue weighted by Gasteiger charge is 2.16. The van der Waals surface area contributed by atoms with Crippen LogP contribution in [0.15, 0.2) is 42.6 Å². The summed E-state index contributed by atoms with van der Waals surface area (Å²) in [6, 6.07) is 9.69. The van der Waals surface area contributed by atoms with E-state index < -0.39 is 23.8 Å². The summed E-state index contributed by atoms with van der Waals surface area (Å²) in [5.41, 5.74) is 4.50. The Morgan fingerprint density at radius 1 is 1.10 bits per heavy atom. The molecular weight excluding hydrogens is 400 g/mol. The summed E-state index contributed by atoms with van der Waals surface area (Å²) in [6.45, 7) is 3.60. The van der Waals surface area contributed by atoms with E-state index in [0.717, 1.165) is 0 Å². The van der Waals surface area contributed by atoms with Crippen molar-refractivity contribution in [2.24, 2.45) is 0 Å². The summed E-state index contributed by atoms with van der Waals surface area (Å²) < 4.78 is 10.8. The number of pyridine rings is 1. The van der Waals surface area contributed by atoms with Crippen molar-refractivity contribution >= 4 is 29.3 Å². The molecule has 1 aromatic heterocycles. The first kappa shape index (κ1) is 22.0. The lowest BCUT2D eigenvalue weighted by Gasteiger charge is -2.15. The van der Waals surface area contributed by atoms with Gasteiger partial charge in [-0.15, -0.1) is 0 Å². The molecule has 3 amide bonds. The van der Waals surface area contributed by atoms with Crippen molar-refractivity contribution in [1.29, 1.82) is 0 Å². The molecule has 0 bridgehead atoms. The number of carbonyl (C=O) groups excluding carboxylic acids is 3. The van der Waals surface area contributed by atoms with Gasteiger partial charge in [-0.05, 0) is 50.2 Å². The number of halogens is 1. The lowest BCUT2D eigenvalue weighted by atomic mass is 10.3. The zero-order valence-electron chi connectivity index (χ0n) is 15.9. The SMILES string of the molecule is CCOc1ccc(OC(C)C(=O)NNC(=O)CNC(=O)c2cc(Cl)ccn2)cc1. The minimum absolute atomic E-state index is 0.0757. The van der Waals surface area contributed by atoms with Crippen LogP contribution in [0.4, 0.5) is 0 Å². The number of aromatic nitrogens is 1. The van der Waals surface area contributed by atoms with Crippen molar-refractivity contribution in [3.63, 3.8) is 0 Å². The minimum atomic E-state index is -0.863. The lowest BCUT2D eigenvalue weighted by Crippen LogP contribution is -2.50. The van der Waals surface area contributed by atoms with Gasteiger partial charge < -0.3 is 14.8 Å². The van der Waals surface area contributed by atoms with Crippen LogP contribution >= 0.6 is 11.6 Å². The van der Waals surface area contributed by atoms with Crippen molar-refractivity contribution in [2.75, 3.05) is 13.2 Å². The fourth-order valence-corrected chi connectivity index (χ4v) is 2.26. The molecule has 154 valence electrons. The first-order valence-electron chi connectivity index (χ1n) is 8.77. The van der Waals surface area contributed by atoms with E-state index in [4.69, 9.17) is 21.1 Å². The smallest absolute Gasteiger partial charge is 0.279 e. The molecule has 0 fully saturated rings. The molecule has 3 N–H and O–H groups in total. The fraction of sp³-hybridized carbons (Fsp3) is 0.263. The molecule has 1 atom stereocenters. The highest BCUT2D eigenvalue weighted by molar-refractivity contribution is 6.30. The number of rotatable bonds is 8. The largest absolute Gasteiger partial charge is 0.494 e. The highest BCUT2D eigenvalue weighted by atomic mass is 35.5. The molecular formula is C19H21ClN4O5. The number of hydrogen-bond acceptors (Lipinski definition) is 6. The third kappa shape index (κ3) is 7.30. The maximum atomic E-state index is 12.0. The van der Waals surface area contributed by atoms with E-state index in [2.05, 4.69) is 21.2 Å². The molecule has 0 saturated carbocycles. The monoisotopic (exact) mass is 420 g/mol. The zero-order valence-corrected chi connectivity index (χ0v) is 16.7. The Balaban J connectivity index is 1.73. The Morgan fingerprint density at radius 3 is 2.45 bits per heavy atom. The van der Waals surface area contributed by atoms with Gasteiger partial charge in [0, 0.05) is 11.2 Å². The van der Waals surface area contributed by atoms with E-state index in [1.165, 1.54) is 25.3 Å². The van der Waals surface area contributed by atoms with Gasteiger partial charge in [0.05, 0.1) is 13.2 Å². The average molecular weight is 421 g/mol. The molecule has 0 aliphatic rings. The van der Waals surface area contributed by atoms with Gasteiger partial charge in [-0.25, -0.2) is 0 Å². The molecule has 29 heavy (non-hydrogen) atoms. The van der Waals surface area contributed by atoms with Crippen LogP contribution in [-0.4, -0.2) is 42.0 Å². The number of benzene rings is 1. The molecule has 0 aliphatic carbocycles. The van der Waals surface area contributed by atoms with Crippen LogP contribution in [0.3, 0.4) is 0 Å². The maximum absolute atomic E-state index is 12.0. The molecule has 1 aromatic carbocycles. The second-order valence-corrected chi connectivity index (χ2v) is 6.18. The third-order valence-electron chi connectivity index (χ3n) is 3.51. The van der Waals surface area contributed by atoms with E-state index in [9.17, 15) is 14.4 Å². The van der Waals surface area contributed by atoms with Gasteiger partial charge in [-0.2, -0.15) is 0 Å². The van der Waals surface area contributed by atoms with Crippen LogP contribution in [0.1, 0.15) is 24.3 Å². The third-order valence-corrected chi connectivity index (χ3v) is 3.74. The van der Waals surface area contributed by atoms with Crippen molar-refractivity contribution in [1.82, 2.24) is 21.2 Å². The first-order chi connectivity index (χ1) is 13.9. The van der Waals surface area contributed by atoms with Gasteiger partial charge in [0.1, 0.15) is 17.2 Å². The minimum Gasteiger partial charge on any atom is -0.494 e. The van der Waals surface area contributed by atoms with E-state index in [1.807, 2.05) is 6.92 Å². The molecule has 0 aliphatic heterocycles. The molecule has 1 heterocycles. The zero-order chi connectivity index (χ0) is 21.2. The molecule has 0 radical (unpaired) electrons. The molecule has 0 spiro atoms. The Morgan fingerprint density at radius 2 is 1.79 bits per heavy atom. The van der Waals surface area contributed by atoms with E-state index in [-0.39, 0.29) is 12.2 Å². The molecule has 0 saturated heterocycles. The summed E-state index contributed by atoms with van der Waals surface area (Å²) >= 11 is 5.78. The summed E-state index contributed by atoms with van der Waals surface area (Å²) in [4.78, 5) is 39.6. The first-order valence-corrected chi connectivity index (χ1v) is 9.14. The van der Waals surface area contributed by atoms with Crippen molar-refractivity contribution in [3.05, 3.63) is 53.3 Å². The number of ether oxygens (including phenoxy) is 2. The van der Waals surface area contributed by atoms with Gasteiger partial charge in [-0.1, -0.05) is 11.6 Å². The van der Waals surface area contributed by atoms with E-state index >= 15 is 0 Å². The predicted octanol–water partition coefficient (Wildman–Crippen LogP) is 1.48. The van der Waals surface area contributed by atoms with Crippen molar-refractivity contribution in [2.45, 2.75) is 20.0 Å². The van der Waals surface area contributed by atoms with Gasteiger partial charge in [0.2, 0.25) is 0 Å². The van der Waals surface area contributed by atoms with Gasteiger partial charge in [0.25, 0.3) is 17.7 Å². The van der Waals surface area contributed by atoms with Crippen LogP contribution in [0.5, 0.6) is 11.5 Å². The Hall–Kier alpha value is -3.33. The van der Waals surface area contributed by atoms with Crippen LogP contribution in [0.25, 0.3) is 0 Å². The van der Waals surface area contributed by atoms with Crippen LogP contribution in [-0.2, 0) is 9.59 Å². The summed E-state index contributed by atoms with van der Waals surface area (Å²) in [5, 5.41) is 2.72. The second kappa shape index (κ2) is 10.9. The second-order valence-electron chi connectivity index (χ2n) is 5.74. The summed E-state index contributed by atoms with van der Waals surface area (Å²) in [6.07, 6.45) is 0.516. The number of hydrogen-bond donors (Lipinski definition) is 3. The van der Waals surface area contributed by atoms with Crippen molar-refractivity contribution in [3.8, 4) is 11.5 Å². The Labute approximate surface area is 172 Å². The fourth-order valence-electron chi connectivity index (χ4n) is 2.10. The highest BCUT2D eigenvalue weighted by Crippen LogP contribution is 2.18. The van der Waals surface area contributed by atoms with Gasteiger partial charge in [0.15, 0.2) is 6.10 Å². The quantitative estimate of drug-likeness (QED) is 0.556. The Bertz CT molecular complexity index is 860. The molecule has 1 unspecified atom stereocenters. The van der Waals surface area contributed by atoms with Gasteiger partial charge in [-0.3, -0.25) is 30.2 Å².